The molecule has 6 nitrogen and oxygen atoms in total. The van der Waals surface area contributed by atoms with E-state index in [1.807, 2.05) is 0 Å². The fourth-order valence-electron chi connectivity index (χ4n) is 3.23. The molecule has 1 saturated carbocycles. The lowest BCUT2D eigenvalue weighted by Crippen LogP contribution is -2.57. The van der Waals surface area contributed by atoms with Crippen LogP contribution >= 0.6 is 11.6 Å². The Balaban J connectivity index is 1.52. The van der Waals surface area contributed by atoms with Crippen LogP contribution in [0, 0.1) is 5.95 Å². The van der Waals surface area contributed by atoms with Crippen LogP contribution < -0.4 is 10.6 Å². The van der Waals surface area contributed by atoms with Gasteiger partial charge in [0, 0.05) is 43.7 Å². The summed E-state index contributed by atoms with van der Waals surface area (Å²) in [5.74, 6) is 0.231. The van der Waals surface area contributed by atoms with Crippen molar-refractivity contribution < 1.29 is 9.50 Å². The average molecular weight is 352 g/mol. The van der Waals surface area contributed by atoms with Crippen molar-refractivity contribution in [1.29, 1.82) is 0 Å². The van der Waals surface area contributed by atoms with E-state index in [0.717, 1.165) is 31.8 Å². The van der Waals surface area contributed by atoms with E-state index in [1.54, 1.807) is 12.3 Å². The monoisotopic (exact) mass is 351 g/mol. The maximum atomic E-state index is 13.4. The molecule has 128 valence electrons. The van der Waals surface area contributed by atoms with Crippen molar-refractivity contribution in [2.45, 2.75) is 30.7 Å². The molecule has 1 unspecified atom stereocenters. The van der Waals surface area contributed by atoms with E-state index in [1.165, 1.54) is 12.3 Å². The summed E-state index contributed by atoms with van der Waals surface area (Å²) in [6.07, 6.45) is 4.28. The Labute approximate surface area is 144 Å². The average Bonchev–Trinajstić information content (AvgIpc) is 3.34. The summed E-state index contributed by atoms with van der Waals surface area (Å²) in [5.41, 5.74) is 0.0927. The molecule has 1 saturated heterocycles. The largest absolute Gasteiger partial charge is 0.388 e. The molecule has 0 radical (unpaired) electrons. The van der Waals surface area contributed by atoms with E-state index >= 15 is 0 Å². The second kappa shape index (κ2) is 5.98. The van der Waals surface area contributed by atoms with Crippen LogP contribution in [0.4, 0.5) is 4.39 Å². The molecule has 2 fully saturated rings. The third kappa shape index (κ3) is 2.99. The molecule has 3 aliphatic rings. The standard InChI is InChI=1S/C16H19ClFN5O/c17-11-8-21-14(10-1-4-20-13(18)7-10)22-15(11)23-6-5-19-12(9-23)16(24)2-3-16/h1,4,7-8,12,14,19,22,24H,2-3,5-6,9H2/t12-,14?/m0/s1. The zero-order chi connectivity index (χ0) is 16.7. The van der Waals surface area contributed by atoms with Gasteiger partial charge in [-0.2, -0.15) is 4.39 Å². The van der Waals surface area contributed by atoms with Crippen LogP contribution in [-0.4, -0.2) is 52.5 Å². The van der Waals surface area contributed by atoms with Gasteiger partial charge < -0.3 is 20.6 Å². The molecule has 24 heavy (non-hydrogen) atoms. The van der Waals surface area contributed by atoms with Gasteiger partial charge in [-0.05, 0) is 18.9 Å². The number of aliphatic imine (C=N–C) groups is 1. The van der Waals surface area contributed by atoms with Crippen LogP contribution in [0.15, 0.2) is 34.2 Å². The van der Waals surface area contributed by atoms with E-state index < -0.39 is 17.7 Å². The molecule has 8 heteroatoms. The Kier molecular flexibility index (Phi) is 3.94. The quantitative estimate of drug-likeness (QED) is 0.711. The van der Waals surface area contributed by atoms with Gasteiger partial charge in [0.05, 0.1) is 16.7 Å². The van der Waals surface area contributed by atoms with Crippen molar-refractivity contribution in [3.63, 3.8) is 0 Å². The van der Waals surface area contributed by atoms with E-state index in [-0.39, 0.29) is 6.04 Å². The predicted molar refractivity (Wildman–Crippen MR) is 89.0 cm³/mol. The van der Waals surface area contributed by atoms with Crippen molar-refractivity contribution in [2.24, 2.45) is 4.99 Å². The minimum atomic E-state index is -0.595. The second-order valence-corrected chi connectivity index (χ2v) is 6.90. The number of piperazine rings is 1. The van der Waals surface area contributed by atoms with Crippen LogP contribution in [0.25, 0.3) is 0 Å². The van der Waals surface area contributed by atoms with Gasteiger partial charge in [-0.3, -0.25) is 4.99 Å². The number of allylic oxidation sites excluding steroid dienone is 1. The van der Waals surface area contributed by atoms with Gasteiger partial charge in [0.25, 0.3) is 0 Å². The van der Waals surface area contributed by atoms with Crippen LogP contribution in [-0.2, 0) is 0 Å². The molecule has 1 aromatic heterocycles. The van der Waals surface area contributed by atoms with E-state index in [4.69, 9.17) is 11.6 Å². The first kappa shape index (κ1) is 15.8. The Hall–Kier alpha value is -1.70. The molecule has 0 aromatic carbocycles. The molecular weight excluding hydrogens is 333 g/mol. The number of nitrogens with zero attached hydrogens (tertiary/aromatic N) is 3. The van der Waals surface area contributed by atoms with Gasteiger partial charge in [-0.1, -0.05) is 11.6 Å². The third-order valence-electron chi connectivity index (χ3n) is 4.81. The van der Waals surface area contributed by atoms with E-state index in [2.05, 4.69) is 25.5 Å². The van der Waals surface area contributed by atoms with Gasteiger partial charge in [-0.25, -0.2) is 4.98 Å². The lowest BCUT2D eigenvalue weighted by Gasteiger charge is -2.40. The highest BCUT2D eigenvalue weighted by Crippen LogP contribution is 2.39. The number of halogens is 2. The number of hydrogen-bond acceptors (Lipinski definition) is 6. The first-order chi connectivity index (χ1) is 11.5. The van der Waals surface area contributed by atoms with Crippen LogP contribution in [0.3, 0.4) is 0 Å². The molecule has 0 amide bonds. The summed E-state index contributed by atoms with van der Waals surface area (Å²) in [4.78, 5) is 10.0. The van der Waals surface area contributed by atoms with Gasteiger partial charge in [0.1, 0.15) is 12.0 Å². The zero-order valence-electron chi connectivity index (χ0n) is 13.0. The Morgan fingerprint density at radius 3 is 3.00 bits per heavy atom. The fraction of sp³-hybridized carbons (Fsp3) is 0.500. The van der Waals surface area contributed by atoms with Gasteiger partial charge in [0.2, 0.25) is 5.95 Å². The van der Waals surface area contributed by atoms with Crippen molar-refractivity contribution in [3.8, 4) is 0 Å². The molecule has 1 aliphatic carbocycles. The van der Waals surface area contributed by atoms with Gasteiger partial charge in [0.15, 0.2) is 0 Å². The highest BCUT2D eigenvalue weighted by molar-refractivity contribution is 6.39. The number of pyridine rings is 1. The van der Waals surface area contributed by atoms with E-state index in [9.17, 15) is 9.50 Å². The number of rotatable bonds is 3. The van der Waals surface area contributed by atoms with Crippen LogP contribution in [0.5, 0.6) is 0 Å². The highest BCUT2D eigenvalue weighted by atomic mass is 35.5. The fourth-order valence-corrected chi connectivity index (χ4v) is 3.46. The molecule has 0 spiro atoms. The molecule has 0 bridgehead atoms. The first-order valence-electron chi connectivity index (χ1n) is 8.07. The van der Waals surface area contributed by atoms with Gasteiger partial charge >= 0.3 is 0 Å². The van der Waals surface area contributed by atoms with Crippen molar-refractivity contribution in [3.05, 3.63) is 40.7 Å². The van der Waals surface area contributed by atoms with Crippen molar-refractivity contribution in [1.82, 2.24) is 20.5 Å². The number of aromatic nitrogens is 1. The predicted octanol–water partition coefficient (Wildman–Crippen LogP) is 1.10. The SMILES string of the molecule is OC1([C@@H]2CN(C3=C(Cl)C=NC(c4ccnc(F)c4)N3)CCN2)CC1. The molecule has 4 rings (SSSR count). The van der Waals surface area contributed by atoms with Gasteiger partial charge in [-0.15, -0.1) is 0 Å². The maximum Gasteiger partial charge on any atom is 0.213 e. The summed E-state index contributed by atoms with van der Waals surface area (Å²) in [5, 5.41) is 17.5. The lowest BCUT2D eigenvalue weighted by atomic mass is 10.1. The highest BCUT2D eigenvalue weighted by Gasteiger charge is 2.49. The molecule has 2 aliphatic heterocycles. The maximum absolute atomic E-state index is 13.4. The minimum Gasteiger partial charge on any atom is -0.388 e. The second-order valence-electron chi connectivity index (χ2n) is 6.49. The smallest absolute Gasteiger partial charge is 0.213 e. The van der Waals surface area contributed by atoms with E-state index in [0.29, 0.717) is 17.1 Å². The summed E-state index contributed by atoms with van der Waals surface area (Å²) < 4.78 is 13.4. The normalized spacial score (nSPS) is 28.7. The molecular formula is C16H19ClFN5O. The summed E-state index contributed by atoms with van der Waals surface area (Å²) in [7, 11) is 0. The third-order valence-corrected chi connectivity index (χ3v) is 5.08. The van der Waals surface area contributed by atoms with Crippen LogP contribution in [0.2, 0.25) is 0 Å². The molecule has 1 aromatic rings. The summed E-state index contributed by atoms with van der Waals surface area (Å²) in [6, 6.07) is 3.11. The minimum absolute atomic E-state index is 0.0284. The van der Waals surface area contributed by atoms with Crippen molar-refractivity contribution in [2.75, 3.05) is 19.6 Å². The Bertz CT molecular complexity index is 705. The number of nitrogens with one attached hydrogen (secondary N) is 2. The molecule has 3 N–H and O–H groups in total. The summed E-state index contributed by atoms with van der Waals surface area (Å²) >= 11 is 6.33. The zero-order valence-corrected chi connectivity index (χ0v) is 13.8. The number of hydrogen-bond donors (Lipinski definition) is 3. The van der Waals surface area contributed by atoms with Crippen LogP contribution in [0.1, 0.15) is 24.6 Å². The van der Waals surface area contributed by atoms with Crippen molar-refractivity contribution >= 4 is 17.8 Å². The number of aliphatic hydroxyl groups is 1. The molecule has 2 atom stereocenters. The topological polar surface area (TPSA) is 72.8 Å². The lowest BCUT2D eigenvalue weighted by molar-refractivity contribution is 0.0675. The Morgan fingerprint density at radius 1 is 1.42 bits per heavy atom. The molecule has 3 heterocycles. The summed E-state index contributed by atoms with van der Waals surface area (Å²) in [6.45, 7) is 2.21. The Morgan fingerprint density at radius 2 is 2.25 bits per heavy atom. The first-order valence-corrected chi connectivity index (χ1v) is 8.45.